The summed E-state index contributed by atoms with van der Waals surface area (Å²) < 4.78 is 42.7. The highest BCUT2D eigenvalue weighted by atomic mass is 35.5. The predicted molar refractivity (Wildman–Crippen MR) is 95.1 cm³/mol. The van der Waals surface area contributed by atoms with Crippen LogP contribution in [0.1, 0.15) is 26.3 Å². The highest BCUT2D eigenvalue weighted by Crippen LogP contribution is 2.23. The number of hydrazone groups is 1. The van der Waals surface area contributed by atoms with Crippen LogP contribution in [0.15, 0.2) is 35.5 Å². The van der Waals surface area contributed by atoms with Gasteiger partial charge in [-0.1, -0.05) is 31.5 Å². The molecule has 1 aromatic rings. The largest absolute Gasteiger partial charge is 0.493 e. The second-order valence-electron chi connectivity index (χ2n) is 5.74. The van der Waals surface area contributed by atoms with Crippen molar-refractivity contribution in [3.05, 3.63) is 40.9 Å². The zero-order valence-electron chi connectivity index (χ0n) is 14.7. The number of ether oxygens (including phenoxy) is 1. The molecule has 0 aliphatic heterocycles. The lowest BCUT2D eigenvalue weighted by Gasteiger charge is -2.14. The summed E-state index contributed by atoms with van der Waals surface area (Å²) >= 11 is 5.98. The van der Waals surface area contributed by atoms with Crippen molar-refractivity contribution in [2.45, 2.75) is 33.5 Å². The lowest BCUT2D eigenvalue weighted by molar-refractivity contribution is -0.171. The minimum Gasteiger partial charge on any atom is -0.493 e. The summed E-state index contributed by atoms with van der Waals surface area (Å²) in [5.41, 5.74) is 3.30. The average molecular weight is 392 g/mol. The number of benzene rings is 1. The molecule has 0 fully saturated rings. The van der Waals surface area contributed by atoms with Gasteiger partial charge in [-0.05, 0) is 37.1 Å². The quantitative estimate of drug-likeness (QED) is 0.419. The van der Waals surface area contributed by atoms with Gasteiger partial charge < -0.3 is 15.5 Å². The van der Waals surface area contributed by atoms with Crippen LogP contribution in [0.4, 0.5) is 13.2 Å². The van der Waals surface area contributed by atoms with E-state index in [1.54, 1.807) is 30.4 Å². The first-order chi connectivity index (χ1) is 12.1. The van der Waals surface area contributed by atoms with Gasteiger partial charge in [0.15, 0.2) is 5.84 Å². The highest BCUT2D eigenvalue weighted by molar-refractivity contribution is 6.30. The third-order valence-electron chi connectivity index (χ3n) is 2.89. The van der Waals surface area contributed by atoms with Crippen molar-refractivity contribution < 1.29 is 22.7 Å². The number of alkyl halides is 3. The number of hydrogen-bond donors (Lipinski definition) is 2. The third-order valence-corrected chi connectivity index (χ3v) is 3.12. The van der Waals surface area contributed by atoms with E-state index in [0.717, 1.165) is 0 Å². The first kappa shape index (κ1) is 21.8. The van der Waals surface area contributed by atoms with E-state index < -0.39 is 12.1 Å². The van der Waals surface area contributed by atoms with E-state index in [1.807, 2.05) is 13.8 Å². The average Bonchev–Trinajstić information content (AvgIpc) is 2.53. The molecule has 0 saturated heterocycles. The molecule has 2 N–H and O–H groups in total. The Morgan fingerprint density at radius 2 is 2.08 bits per heavy atom. The van der Waals surface area contributed by atoms with Gasteiger partial charge >= 0.3 is 12.1 Å². The second kappa shape index (κ2) is 10.1. The maximum Gasteiger partial charge on any atom is 0.471 e. The Bertz CT molecular complexity index is 674. The Morgan fingerprint density at radius 3 is 2.65 bits per heavy atom. The molecule has 9 heteroatoms. The van der Waals surface area contributed by atoms with Crippen molar-refractivity contribution in [2.75, 3.05) is 6.61 Å². The first-order valence-electron chi connectivity index (χ1n) is 7.86. The van der Waals surface area contributed by atoms with Gasteiger partial charge in [-0.25, -0.2) is 0 Å². The van der Waals surface area contributed by atoms with Crippen molar-refractivity contribution in [1.29, 1.82) is 0 Å². The van der Waals surface area contributed by atoms with Crippen LogP contribution in [0.25, 0.3) is 0 Å². The fraction of sp³-hybridized carbons (Fsp3) is 0.412. The lowest BCUT2D eigenvalue weighted by atomic mass is 10.2. The lowest BCUT2D eigenvalue weighted by Crippen LogP contribution is -2.40. The molecule has 0 atom stereocenters. The molecule has 1 rings (SSSR count). The number of carbonyl (C=O) groups is 1. The van der Waals surface area contributed by atoms with Gasteiger partial charge in [-0.3, -0.25) is 4.79 Å². The number of amides is 1. The van der Waals surface area contributed by atoms with Crippen LogP contribution < -0.4 is 15.5 Å². The van der Waals surface area contributed by atoms with Crippen molar-refractivity contribution in [2.24, 2.45) is 11.0 Å². The smallest absolute Gasteiger partial charge is 0.471 e. The Morgan fingerprint density at radius 1 is 1.38 bits per heavy atom. The molecule has 0 spiro atoms. The summed E-state index contributed by atoms with van der Waals surface area (Å²) in [5.74, 6) is -1.44. The van der Waals surface area contributed by atoms with Crippen LogP contribution in [0, 0.1) is 5.92 Å². The SMILES string of the molecule is C/C=C/C(=N\NCc1cc(Cl)ccc1OCC(C)C)NC(=O)C(F)(F)F. The molecular weight excluding hydrogens is 371 g/mol. The molecule has 0 radical (unpaired) electrons. The molecule has 1 aromatic carbocycles. The molecule has 0 aliphatic carbocycles. The van der Waals surface area contributed by atoms with E-state index in [9.17, 15) is 18.0 Å². The van der Waals surface area contributed by atoms with Gasteiger partial charge in [0.1, 0.15) is 5.75 Å². The minimum atomic E-state index is -4.99. The highest BCUT2D eigenvalue weighted by Gasteiger charge is 2.39. The number of rotatable bonds is 7. The van der Waals surface area contributed by atoms with E-state index in [1.165, 1.54) is 12.2 Å². The van der Waals surface area contributed by atoms with Crippen LogP contribution in [0.5, 0.6) is 5.75 Å². The molecule has 144 valence electrons. The molecule has 0 saturated carbocycles. The van der Waals surface area contributed by atoms with Crippen LogP contribution in [0.2, 0.25) is 5.02 Å². The number of nitrogens with one attached hydrogen (secondary N) is 2. The monoisotopic (exact) mass is 391 g/mol. The van der Waals surface area contributed by atoms with Gasteiger partial charge in [-0.15, -0.1) is 0 Å². The van der Waals surface area contributed by atoms with Crippen LogP contribution in [-0.2, 0) is 11.3 Å². The minimum absolute atomic E-state index is 0.150. The zero-order chi connectivity index (χ0) is 19.7. The number of allylic oxidation sites excluding steroid dienone is 1. The molecule has 26 heavy (non-hydrogen) atoms. The molecule has 0 heterocycles. The van der Waals surface area contributed by atoms with Crippen molar-refractivity contribution >= 4 is 23.3 Å². The molecule has 5 nitrogen and oxygen atoms in total. The summed E-state index contributed by atoms with van der Waals surface area (Å²) in [7, 11) is 0. The van der Waals surface area contributed by atoms with E-state index in [2.05, 4.69) is 10.5 Å². The Hall–Kier alpha value is -2.22. The number of halogens is 4. The maximum atomic E-state index is 12.3. The topological polar surface area (TPSA) is 62.7 Å². The number of amidine groups is 1. The van der Waals surface area contributed by atoms with Crippen molar-refractivity contribution in [3.63, 3.8) is 0 Å². The van der Waals surface area contributed by atoms with Gasteiger partial charge in [0.2, 0.25) is 0 Å². The van der Waals surface area contributed by atoms with Crippen LogP contribution >= 0.6 is 11.6 Å². The summed E-state index contributed by atoms with van der Waals surface area (Å²) in [6.45, 7) is 6.25. The van der Waals surface area contributed by atoms with Gasteiger partial charge in [0.05, 0.1) is 13.2 Å². The van der Waals surface area contributed by atoms with Gasteiger partial charge in [-0.2, -0.15) is 18.3 Å². The van der Waals surface area contributed by atoms with Gasteiger partial charge in [0, 0.05) is 10.6 Å². The Balaban J connectivity index is 2.83. The van der Waals surface area contributed by atoms with E-state index in [4.69, 9.17) is 16.3 Å². The fourth-order valence-electron chi connectivity index (χ4n) is 1.75. The second-order valence-corrected chi connectivity index (χ2v) is 6.18. The molecule has 0 unspecified atom stereocenters. The molecule has 0 bridgehead atoms. The standard InChI is InChI=1S/C17H21ClF3N3O2/c1-4-5-15(23-16(25)17(19,20)21)24-22-9-12-8-13(18)6-7-14(12)26-10-11(2)3/h4-8,11,22H,9-10H2,1-3H3,(H,23,24,25)/b5-4+. The van der Waals surface area contributed by atoms with E-state index in [-0.39, 0.29) is 12.4 Å². The number of nitrogens with zero attached hydrogens (tertiary/aromatic N) is 1. The maximum absolute atomic E-state index is 12.3. The van der Waals surface area contributed by atoms with Crippen molar-refractivity contribution in [3.8, 4) is 5.75 Å². The van der Waals surface area contributed by atoms with Crippen LogP contribution in [-0.4, -0.2) is 24.5 Å². The number of hydrogen-bond acceptors (Lipinski definition) is 4. The molecule has 0 aliphatic rings. The van der Waals surface area contributed by atoms with Crippen LogP contribution in [0.3, 0.4) is 0 Å². The normalized spacial score (nSPS) is 12.5. The molecule has 1 amide bonds. The molecular formula is C17H21ClF3N3O2. The third kappa shape index (κ3) is 7.77. The Labute approximate surface area is 155 Å². The summed E-state index contributed by atoms with van der Waals surface area (Å²) in [6.07, 6.45) is -2.30. The van der Waals surface area contributed by atoms with E-state index in [0.29, 0.717) is 28.9 Å². The summed E-state index contributed by atoms with van der Waals surface area (Å²) in [4.78, 5) is 11.0. The zero-order valence-corrected chi connectivity index (χ0v) is 15.4. The predicted octanol–water partition coefficient (Wildman–Crippen LogP) is 4.03. The number of carbonyl (C=O) groups excluding carboxylic acids is 1. The molecule has 0 aromatic heterocycles. The Kier molecular flexibility index (Phi) is 8.44. The van der Waals surface area contributed by atoms with Gasteiger partial charge in [0.25, 0.3) is 0 Å². The van der Waals surface area contributed by atoms with Crippen molar-refractivity contribution in [1.82, 2.24) is 10.7 Å². The van der Waals surface area contributed by atoms with E-state index >= 15 is 0 Å². The fourth-order valence-corrected chi connectivity index (χ4v) is 1.94. The summed E-state index contributed by atoms with van der Waals surface area (Å²) in [6, 6.07) is 5.06. The first-order valence-corrected chi connectivity index (χ1v) is 8.24. The summed E-state index contributed by atoms with van der Waals surface area (Å²) in [5, 5.41) is 5.95.